The monoisotopic (exact) mass is 322 g/mol. The van der Waals surface area contributed by atoms with Gasteiger partial charge < -0.3 is 15.6 Å². The van der Waals surface area contributed by atoms with Crippen LogP contribution in [0.1, 0.15) is 18.9 Å². The molecule has 1 aromatic carbocycles. The average Bonchev–Trinajstić information content (AvgIpc) is 3.04. The molecule has 0 saturated carbocycles. The van der Waals surface area contributed by atoms with Crippen molar-refractivity contribution in [2.45, 2.75) is 13.3 Å². The van der Waals surface area contributed by atoms with Crippen molar-refractivity contribution >= 4 is 23.4 Å². The molecule has 0 spiro atoms. The lowest BCUT2D eigenvalue weighted by Crippen LogP contribution is -2.19. The maximum Gasteiger partial charge on any atom is 0.154 e. The molecule has 6 nitrogen and oxygen atoms in total. The van der Waals surface area contributed by atoms with E-state index in [0.717, 1.165) is 46.9 Å². The SMILES string of the molecule is CCCN(C)c1ccc2ncc(-c3ccc(C=N)c(NC)c3)n2n1. The van der Waals surface area contributed by atoms with Crippen LogP contribution in [0.2, 0.25) is 0 Å². The molecule has 0 aliphatic carbocycles. The summed E-state index contributed by atoms with van der Waals surface area (Å²) in [5.41, 5.74) is 4.54. The molecule has 0 fully saturated rings. The second kappa shape index (κ2) is 6.70. The summed E-state index contributed by atoms with van der Waals surface area (Å²) in [5, 5.41) is 15.4. The third-order valence-corrected chi connectivity index (χ3v) is 4.07. The van der Waals surface area contributed by atoms with Gasteiger partial charge in [0.25, 0.3) is 0 Å². The Morgan fingerprint density at radius 3 is 2.83 bits per heavy atom. The Morgan fingerprint density at radius 2 is 2.12 bits per heavy atom. The predicted molar refractivity (Wildman–Crippen MR) is 99.4 cm³/mol. The average molecular weight is 322 g/mol. The van der Waals surface area contributed by atoms with Crippen molar-refractivity contribution in [2.75, 3.05) is 30.9 Å². The zero-order chi connectivity index (χ0) is 17.1. The molecule has 24 heavy (non-hydrogen) atoms. The molecular weight excluding hydrogens is 300 g/mol. The fraction of sp³-hybridized carbons (Fsp3) is 0.278. The predicted octanol–water partition coefficient (Wildman–Crippen LogP) is 3.28. The number of hydrogen-bond acceptors (Lipinski definition) is 5. The van der Waals surface area contributed by atoms with E-state index in [1.54, 1.807) is 0 Å². The number of imidazole rings is 1. The molecule has 0 atom stereocenters. The van der Waals surface area contributed by atoms with Crippen molar-refractivity contribution < 1.29 is 0 Å². The van der Waals surface area contributed by atoms with Gasteiger partial charge in [0.2, 0.25) is 0 Å². The van der Waals surface area contributed by atoms with Gasteiger partial charge in [-0.3, -0.25) is 0 Å². The van der Waals surface area contributed by atoms with Gasteiger partial charge in [0.15, 0.2) is 5.65 Å². The highest BCUT2D eigenvalue weighted by molar-refractivity contribution is 5.87. The molecule has 0 bridgehead atoms. The number of nitrogens with zero attached hydrogens (tertiary/aromatic N) is 4. The molecule has 124 valence electrons. The van der Waals surface area contributed by atoms with Crippen LogP contribution in [0.25, 0.3) is 16.9 Å². The third kappa shape index (κ3) is 2.82. The van der Waals surface area contributed by atoms with E-state index < -0.39 is 0 Å². The van der Waals surface area contributed by atoms with Gasteiger partial charge in [-0.05, 0) is 24.6 Å². The van der Waals surface area contributed by atoms with E-state index in [2.05, 4.69) is 22.1 Å². The summed E-state index contributed by atoms with van der Waals surface area (Å²) < 4.78 is 1.88. The fourth-order valence-corrected chi connectivity index (χ4v) is 2.77. The van der Waals surface area contributed by atoms with Gasteiger partial charge in [-0.15, -0.1) is 5.10 Å². The molecule has 0 amide bonds. The summed E-state index contributed by atoms with van der Waals surface area (Å²) in [6.07, 6.45) is 4.26. The Balaban J connectivity index is 2.09. The summed E-state index contributed by atoms with van der Waals surface area (Å²) in [6, 6.07) is 9.94. The summed E-state index contributed by atoms with van der Waals surface area (Å²) in [5.74, 6) is 0.925. The largest absolute Gasteiger partial charge is 0.388 e. The van der Waals surface area contributed by atoms with Crippen molar-refractivity contribution in [3.63, 3.8) is 0 Å². The standard InChI is InChI=1S/C18H22N6/c1-4-9-23(3)18-8-7-17-21-12-16(24(17)22-18)13-5-6-14(11-19)15(10-13)20-2/h5-8,10-12,19-20H,4,9H2,1-3H3. The van der Waals surface area contributed by atoms with E-state index in [0.29, 0.717) is 0 Å². The molecule has 2 aromatic heterocycles. The van der Waals surface area contributed by atoms with Crippen molar-refractivity contribution in [1.82, 2.24) is 14.6 Å². The van der Waals surface area contributed by atoms with Crippen LogP contribution in [0.15, 0.2) is 36.5 Å². The maximum atomic E-state index is 7.48. The minimum Gasteiger partial charge on any atom is -0.388 e. The fourth-order valence-electron chi connectivity index (χ4n) is 2.77. The van der Waals surface area contributed by atoms with Crippen molar-refractivity contribution in [3.8, 4) is 11.3 Å². The normalized spacial score (nSPS) is 10.8. The van der Waals surface area contributed by atoms with Gasteiger partial charge in [0.1, 0.15) is 5.82 Å². The van der Waals surface area contributed by atoms with Crippen molar-refractivity contribution in [1.29, 1.82) is 5.41 Å². The van der Waals surface area contributed by atoms with Crippen LogP contribution in [-0.4, -0.2) is 41.5 Å². The molecule has 0 radical (unpaired) electrons. The minimum atomic E-state index is 0.820. The Morgan fingerprint density at radius 1 is 1.29 bits per heavy atom. The molecular formula is C18H22N6. The number of aromatic nitrogens is 3. The van der Waals surface area contributed by atoms with Gasteiger partial charge in [-0.25, -0.2) is 9.50 Å². The van der Waals surface area contributed by atoms with Crippen LogP contribution >= 0.6 is 0 Å². The zero-order valence-electron chi connectivity index (χ0n) is 14.2. The Labute approximate surface area is 141 Å². The van der Waals surface area contributed by atoms with Crippen molar-refractivity contribution in [2.24, 2.45) is 0 Å². The highest BCUT2D eigenvalue weighted by Crippen LogP contribution is 2.26. The second-order valence-corrected chi connectivity index (χ2v) is 5.72. The van der Waals surface area contributed by atoms with E-state index in [4.69, 9.17) is 10.5 Å². The van der Waals surface area contributed by atoms with E-state index >= 15 is 0 Å². The Kier molecular flexibility index (Phi) is 4.46. The van der Waals surface area contributed by atoms with E-state index in [9.17, 15) is 0 Å². The summed E-state index contributed by atoms with van der Waals surface area (Å²) >= 11 is 0. The van der Waals surface area contributed by atoms with Gasteiger partial charge in [0, 0.05) is 43.7 Å². The molecule has 0 aliphatic rings. The first kappa shape index (κ1) is 16.0. The second-order valence-electron chi connectivity index (χ2n) is 5.72. The number of rotatable bonds is 6. The summed E-state index contributed by atoms with van der Waals surface area (Å²) in [4.78, 5) is 6.60. The number of hydrogen-bond donors (Lipinski definition) is 2. The number of nitrogens with one attached hydrogen (secondary N) is 2. The maximum absolute atomic E-state index is 7.48. The molecule has 2 N–H and O–H groups in total. The van der Waals surface area contributed by atoms with Gasteiger partial charge in [-0.2, -0.15) is 0 Å². The number of benzene rings is 1. The number of fused-ring (bicyclic) bond motifs is 1. The minimum absolute atomic E-state index is 0.820. The van der Waals surface area contributed by atoms with Crippen LogP contribution in [-0.2, 0) is 0 Å². The van der Waals surface area contributed by atoms with Crippen LogP contribution in [0.4, 0.5) is 11.5 Å². The van der Waals surface area contributed by atoms with Crippen LogP contribution < -0.4 is 10.2 Å². The van der Waals surface area contributed by atoms with Crippen LogP contribution in [0, 0.1) is 5.41 Å². The summed E-state index contributed by atoms with van der Waals surface area (Å²) in [6.45, 7) is 3.11. The highest BCUT2D eigenvalue weighted by atomic mass is 15.3. The topological polar surface area (TPSA) is 69.3 Å². The lowest BCUT2D eigenvalue weighted by Gasteiger charge is -2.17. The lowest BCUT2D eigenvalue weighted by atomic mass is 10.1. The quantitative estimate of drug-likeness (QED) is 0.683. The molecule has 0 unspecified atom stereocenters. The van der Waals surface area contributed by atoms with Gasteiger partial charge in [-0.1, -0.05) is 19.1 Å². The molecule has 0 aliphatic heterocycles. The van der Waals surface area contributed by atoms with Gasteiger partial charge in [0.05, 0.1) is 11.9 Å². The van der Waals surface area contributed by atoms with E-state index in [1.165, 1.54) is 6.21 Å². The first-order valence-electron chi connectivity index (χ1n) is 8.06. The van der Waals surface area contributed by atoms with Crippen LogP contribution in [0.3, 0.4) is 0 Å². The van der Waals surface area contributed by atoms with Crippen LogP contribution in [0.5, 0.6) is 0 Å². The smallest absolute Gasteiger partial charge is 0.154 e. The zero-order valence-corrected chi connectivity index (χ0v) is 14.2. The number of anilines is 2. The first-order valence-corrected chi connectivity index (χ1v) is 8.06. The molecule has 6 heteroatoms. The Hall–Kier alpha value is -2.89. The van der Waals surface area contributed by atoms with Crippen molar-refractivity contribution in [3.05, 3.63) is 42.1 Å². The molecule has 0 saturated heterocycles. The first-order chi connectivity index (χ1) is 11.7. The van der Waals surface area contributed by atoms with E-state index in [1.807, 2.05) is 55.1 Å². The molecule has 3 rings (SSSR count). The van der Waals surface area contributed by atoms with E-state index in [-0.39, 0.29) is 0 Å². The molecule has 2 heterocycles. The third-order valence-electron chi connectivity index (χ3n) is 4.07. The molecule has 3 aromatic rings. The summed E-state index contributed by atoms with van der Waals surface area (Å²) in [7, 11) is 3.91. The Bertz CT molecular complexity index is 867. The lowest BCUT2D eigenvalue weighted by molar-refractivity contribution is 0.810. The van der Waals surface area contributed by atoms with Gasteiger partial charge >= 0.3 is 0 Å². The highest BCUT2D eigenvalue weighted by Gasteiger charge is 2.11.